The standard InChI is InChI=1S/C26H24FN3O2/c1-2-17-7-3-4-10-21(17)29-26(31)30-14-6-11-23(30)25-28-22-16-19(12-13-24(22)32-25)18-8-5-9-20(27)15-18/h3-5,7-10,12-13,15-16,23H,2,6,11,14H2,1H3,(H,29,31)/t23-/m0/s1. The maximum atomic E-state index is 13.6. The normalized spacial score (nSPS) is 15.9. The molecule has 0 aliphatic carbocycles. The number of halogens is 1. The van der Waals surface area contributed by atoms with Crippen LogP contribution in [0.5, 0.6) is 0 Å². The van der Waals surface area contributed by atoms with Crippen LogP contribution in [0.2, 0.25) is 0 Å². The van der Waals surface area contributed by atoms with Gasteiger partial charge >= 0.3 is 6.03 Å². The van der Waals surface area contributed by atoms with Crippen LogP contribution in [0, 0.1) is 5.82 Å². The number of amides is 2. The lowest BCUT2D eigenvalue weighted by molar-refractivity contribution is 0.199. The van der Waals surface area contributed by atoms with E-state index in [2.05, 4.69) is 12.2 Å². The van der Waals surface area contributed by atoms with E-state index in [1.807, 2.05) is 48.5 Å². The highest BCUT2D eigenvalue weighted by atomic mass is 19.1. The average molecular weight is 429 g/mol. The van der Waals surface area contributed by atoms with Crippen molar-refractivity contribution in [2.45, 2.75) is 32.2 Å². The van der Waals surface area contributed by atoms with Gasteiger partial charge in [-0.1, -0.05) is 43.3 Å². The van der Waals surface area contributed by atoms with E-state index < -0.39 is 0 Å². The van der Waals surface area contributed by atoms with E-state index in [1.165, 1.54) is 12.1 Å². The van der Waals surface area contributed by atoms with Gasteiger partial charge in [0.05, 0.1) is 0 Å². The number of para-hydroxylation sites is 1. The summed E-state index contributed by atoms with van der Waals surface area (Å²) in [7, 11) is 0. The van der Waals surface area contributed by atoms with Gasteiger partial charge in [0, 0.05) is 12.2 Å². The summed E-state index contributed by atoms with van der Waals surface area (Å²) in [6.45, 7) is 2.72. The van der Waals surface area contributed by atoms with Crippen LogP contribution in [0.3, 0.4) is 0 Å². The molecule has 1 fully saturated rings. The molecule has 1 aliphatic heterocycles. The van der Waals surface area contributed by atoms with Gasteiger partial charge in [0.15, 0.2) is 5.58 Å². The minimum Gasteiger partial charge on any atom is -0.438 e. The minimum atomic E-state index is -0.277. The van der Waals surface area contributed by atoms with E-state index in [0.29, 0.717) is 23.5 Å². The molecule has 3 aromatic carbocycles. The molecule has 5 rings (SSSR count). The lowest BCUT2D eigenvalue weighted by Gasteiger charge is -2.23. The largest absolute Gasteiger partial charge is 0.438 e. The van der Waals surface area contributed by atoms with Crippen molar-refractivity contribution in [2.75, 3.05) is 11.9 Å². The van der Waals surface area contributed by atoms with Crippen LogP contribution in [0.15, 0.2) is 71.1 Å². The Morgan fingerprint density at radius 2 is 1.97 bits per heavy atom. The number of hydrogen-bond acceptors (Lipinski definition) is 3. The van der Waals surface area contributed by atoms with Crippen LogP contribution in [0.25, 0.3) is 22.2 Å². The summed E-state index contributed by atoms with van der Waals surface area (Å²) >= 11 is 0. The first-order valence-electron chi connectivity index (χ1n) is 10.9. The molecule has 0 radical (unpaired) electrons. The molecule has 1 aliphatic rings. The number of benzene rings is 3. The molecular formula is C26H24FN3O2. The molecule has 0 saturated carbocycles. The van der Waals surface area contributed by atoms with Gasteiger partial charge in [0.25, 0.3) is 0 Å². The first-order valence-corrected chi connectivity index (χ1v) is 10.9. The Kier molecular flexibility index (Phi) is 5.35. The maximum absolute atomic E-state index is 13.6. The highest BCUT2D eigenvalue weighted by Crippen LogP contribution is 2.35. The molecule has 4 aromatic rings. The van der Waals surface area contributed by atoms with E-state index in [-0.39, 0.29) is 17.9 Å². The van der Waals surface area contributed by atoms with Gasteiger partial charge in [-0.3, -0.25) is 0 Å². The summed E-state index contributed by atoms with van der Waals surface area (Å²) in [5, 5.41) is 3.05. The Bertz CT molecular complexity index is 1280. The summed E-state index contributed by atoms with van der Waals surface area (Å²) in [6.07, 6.45) is 2.53. The first kappa shape index (κ1) is 20.2. The molecule has 1 aromatic heterocycles. The second-order valence-corrected chi connectivity index (χ2v) is 8.04. The average Bonchev–Trinajstić information content (AvgIpc) is 3.46. The number of anilines is 1. The first-order chi connectivity index (χ1) is 15.6. The van der Waals surface area contributed by atoms with Crippen LogP contribution in [-0.4, -0.2) is 22.5 Å². The fourth-order valence-corrected chi connectivity index (χ4v) is 4.34. The number of aryl methyl sites for hydroxylation is 1. The van der Waals surface area contributed by atoms with Crippen molar-refractivity contribution >= 4 is 22.8 Å². The summed E-state index contributed by atoms with van der Waals surface area (Å²) < 4.78 is 19.7. The monoisotopic (exact) mass is 429 g/mol. The number of hydrogen-bond donors (Lipinski definition) is 1. The Morgan fingerprint density at radius 1 is 1.12 bits per heavy atom. The summed E-state index contributed by atoms with van der Waals surface area (Å²) in [6, 6.07) is 19.6. The van der Waals surface area contributed by atoms with Crippen LogP contribution in [0.1, 0.15) is 37.3 Å². The zero-order chi connectivity index (χ0) is 22.1. The number of urea groups is 1. The SMILES string of the molecule is CCc1ccccc1NC(=O)N1CCC[C@H]1c1nc2cc(-c3cccc(F)c3)ccc2o1. The molecular weight excluding hydrogens is 405 g/mol. The summed E-state index contributed by atoms with van der Waals surface area (Å²) in [5.41, 5.74) is 4.95. The van der Waals surface area contributed by atoms with Crippen LogP contribution >= 0.6 is 0 Å². The van der Waals surface area contributed by atoms with E-state index in [0.717, 1.165) is 41.6 Å². The number of fused-ring (bicyclic) bond motifs is 1. The van der Waals surface area contributed by atoms with E-state index >= 15 is 0 Å². The smallest absolute Gasteiger partial charge is 0.322 e. The van der Waals surface area contributed by atoms with Crippen LogP contribution < -0.4 is 5.32 Å². The number of likely N-dealkylation sites (tertiary alicyclic amines) is 1. The van der Waals surface area contributed by atoms with Crippen molar-refractivity contribution < 1.29 is 13.6 Å². The Labute approximate surface area is 185 Å². The number of oxazole rings is 1. The Hall–Kier alpha value is -3.67. The van der Waals surface area contributed by atoms with E-state index in [1.54, 1.807) is 11.0 Å². The minimum absolute atomic E-state index is 0.142. The fraction of sp³-hybridized carbons (Fsp3) is 0.231. The van der Waals surface area contributed by atoms with Gasteiger partial charge < -0.3 is 14.6 Å². The lowest BCUT2D eigenvalue weighted by atomic mass is 10.1. The Balaban J connectivity index is 1.40. The molecule has 2 heterocycles. The molecule has 6 heteroatoms. The molecule has 2 amide bonds. The number of rotatable bonds is 4. The number of aromatic nitrogens is 1. The zero-order valence-electron chi connectivity index (χ0n) is 17.8. The van der Waals surface area contributed by atoms with Gasteiger partial charge in [0.2, 0.25) is 5.89 Å². The third kappa shape index (κ3) is 3.84. The van der Waals surface area contributed by atoms with Crippen molar-refractivity contribution in [1.29, 1.82) is 0 Å². The third-order valence-corrected chi connectivity index (χ3v) is 6.00. The topological polar surface area (TPSA) is 58.4 Å². The number of nitrogens with one attached hydrogen (secondary N) is 1. The van der Waals surface area contributed by atoms with E-state index in [9.17, 15) is 9.18 Å². The van der Waals surface area contributed by atoms with Gasteiger partial charge in [-0.05, 0) is 66.3 Å². The van der Waals surface area contributed by atoms with Gasteiger partial charge in [0.1, 0.15) is 17.4 Å². The molecule has 1 saturated heterocycles. The van der Waals surface area contributed by atoms with Crippen molar-refractivity contribution in [1.82, 2.24) is 9.88 Å². The van der Waals surface area contributed by atoms with E-state index in [4.69, 9.17) is 9.40 Å². The maximum Gasteiger partial charge on any atom is 0.322 e. The summed E-state index contributed by atoms with van der Waals surface area (Å²) in [5.74, 6) is 0.258. The third-order valence-electron chi connectivity index (χ3n) is 6.00. The molecule has 0 unspecified atom stereocenters. The van der Waals surface area contributed by atoms with Crippen LogP contribution in [-0.2, 0) is 6.42 Å². The van der Waals surface area contributed by atoms with Crippen molar-refractivity contribution in [3.05, 3.63) is 84.0 Å². The van der Waals surface area contributed by atoms with Gasteiger partial charge in [-0.25, -0.2) is 14.2 Å². The predicted molar refractivity (Wildman–Crippen MR) is 123 cm³/mol. The molecule has 0 spiro atoms. The molecule has 0 bridgehead atoms. The number of nitrogens with zero attached hydrogens (tertiary/aromatic N) is 2. The number of carbonyl (C=O) groups excluding carboxylic acids is 1. The fourth-order valence-electron chi connectivity index (χ4n) is 4.34. The quantitative estimate of drug-likeness (QED) is 0.399. The van der Waals surface area contributed by atoms with Crippen molar-refractivity contribution in [3.63, 3.8) is 0 Å². The Morgan fingerprint density at radius 3 is 2.81 bits per heavy atom. The van der Waals surface area contributed by atoms with Gasteiger partial charge in [-0.15, -0.1) is 0 Å². The molecule has 32 heavy (non-hydrogen) atoms. The zero-order valence-corrected chi connectivity index (χ0v) is 17.8. The van der Waals surface area contributed by atoms with Crippen molar-refractivity contribution in [2.24, 2.45) is 0 Å². The molecule has 1 atom stereocenters. The molecule has 162 valence electrons. The highest BCUT2D eigenvalue weighted by Gasteiger charge is 2.34. The van der Waals surface area contributed by atoms with Gasteiger partial charge in [-0.2, -0.15) is 0 Å². The second kappa shape index (κ2) is 8.46. The number of carbonyl (C=O) groups is 1. The molecule has 1 N–H and O–H groups in total. The predicted octanol–water partition coefficient (Wildman–Crippen LogP) is 6.57. The highest BCUT2D eigenvalue weighted by molar-refractivity contribution is 5.90. The lowest BCUT2D eigenvalue weighted by Crippen LogP contribution is -2.34. The second-order valence-electron chi connectivity index (χ2n) is 8.04. The molecule has 5 nitrogen and oxygen atoms in total. The van der Waals surface area contributed by atoms with Crippen molar-refractivity contribution in [3.8, 4) is 11.1 Å². The summed E-state index contributed by atoms with van der Waals surface area (Å²) in [4.78, 5) is 19.6. The van der Waals surface area contributed by atoms with Crippen LogP contribution in [0.4, 0.5) is 14.9 Å².